The third-order valence-electron chi connectivity index (χ3n) is 3.55. The molecular formula is C13H19BrN2O3S. The molecule has 1 atom stereocenters. The molecule has 0 radical (unpaired) electrons. The van der Waals surface area contributed by atoms with Gasteiger partial charge in [-0.05, 0) is 54.0 Å². The van der Waals surface area contributed by atoms with Crippen molar-refractivity contribution in [2.24, 2.45) is 0 Å². The van der Waals surface area contributed by atoms with Gasteiger partial charge in [0, 0.05) is 19.1 Å². The molecule has 0 amide bonds. The van der Waals surface area contributed by atoms with E-state index in [1.165, 1.54) is 0 Å². The Labute approximate surface area is 128 Å². The van der Waals surface area contributed by atoms with Crippen molar-refractivity contribution in [3.05, 3.63) is 22.7 Å². The fourth-order valence-electron chi connectivity index (χ4n) is 2.35. The highest BCUT2D eigenvalue weighted by Gasteiger charge is 2.29. The normalized spacial score (nSPS) is 20.9. The summed E-state index contributed by atoms with van der Waals surface area (Å²) in [6.45, 7) is 1.09. The van der Waals surface area contributed by atoms with E-state index in [2.05, 4.69) is 21.2 Å². The van der Waals surface area contributed by atoms with E-state index in [1.54, 1.807) is 29.6 Å². The molecular weight excluding hydrogens is 344 g/mol. The molecule has 7 heteroatoms. The Kier molecular flexibility index (Phi) is 5.06. The van der Waals surface area contributed by atoms with Crippen LogP contribution >= 0.6 is 15.9 Å². The van der Waals surface area contributed by atoms with Crippen molar-refractivity contribution >= 4 is 26.0 Å². The zero-order chi connectivity index (χ0) is 14.8. The van der Waals surface area contributed by atoms with E-state index in [1.807, 2.05) is 7.05 Å². The van der Waals surface area contributed by atoms with Crippen LogP contribution in [0.2, 0.25) is 0 Å². The van der Waals surface area contributed by atoms with E-state index >= 15 is 0 Å². The number of sulfonamides is 1. The molecule has 1 fully saturated rings. The van der Waals surface area contributed by atoms with Gasteiger partial charge < -0.3 is 10.1 Å². The SMILES string of the molecule is CN[C@@H]1CCCN(S(=O)(=O)c2ccc(OC)c(Br)c2)C1. The molecule has 0 spiro atoms. The average Bonchev–Trinajstić information content (AvgIpc) is 2.47. The summed E-state index contributed by atoms with van der Waals surface area (Å²) in [6.07, 6.45) is 1.89. The van der Waals surface area contributed by atoms with Crippen molar-refractivity contribution < 1.29 is 13.2 Å². The fraction of sp³-hybridized carbons (Fsp3) is 0.538. The first kappa shape index (κ1) is 15.8. The quantitative estimate of drug-likeness (QED) is 0.887. The summed E-state index contributed by atoms with van der Waals surface area (Å²) in [6, 6.07) is 5.07. The molecule has 1 heterocycles. The zero-order valence-electron chi connectivity index (χ0n) is 11.6. The van der Waals surface area contributed by atoms with Crippen LogP contribution < -0.4 is 10.1 Å². The van der Waals surface area contributed by atoms with E-state index in [0.717, 1.165) is 12.8 Å². The molecule has 1 aromatic rings. The van der Waals surface area contributed by atoms with Gasteiger partial charge in [-0.3, -0.25) is 0 Å². The van der Waals surface area contributed by atoms with E-state index in [4.69, 9.17) is 4.74 Å². The second kappa shape index (κ2) is 6.43. The van der Waals surface area contributed by atoms with Crippen LogP contribution in [0.5, 0.6) is 5.75 Å². The zero-order valence-corrected chi connectivity index (χ0v) is 14.0. The molecule has 2 rings (SSSR count). The van der Waals surface area contributed by atoms with E-state index in [0.29, 0.717) is 28.2 Å². The van der Waals surface area contributed by atoms with Gasteiger partial charge in [0.15, 0.2) is 0 Å². The molecule has 1 saturated heterocycles. The van der Waals surface area contributed by atoms with Crippen LogP contribution in [0.1, 0.15) is 12.8 Å². The molecule has 0 saturated carbocycles. The highest BCUT2D eigenvalue weighted by Crippen LogP contribution is 2.29. The van der Waals surface area contributed by atoms with Crippen LogP contribution in [-0.4, -0.2) is 46.0 Å². The predicted molar refractivity (Wildman–Crippen MR) is 81.5 cm³/mol. The van der Waals surface area contributed by atoms with Gasteiger partial charge in [0.05, 0.1) is 16.5 Å². The maximum Gasteiger partial charge on any atom is 0.243 e. The maximum absolute atomic E-state index is 12.6. The Bertz CT molecular complexity index is 577. The van der Waals surface area contributed by atoms with Gasteiger partial charge in [-0.1, -0.05) is 0 Å². The number of methoxy groups -OCH3 is 1. The molecule has 1 aliphatic rings. The minimum Gasteiger partial charge on any atom is -0.496 e. The van der Waals surface area contributed by atoms with Crippen LogP contribution in [0.15, 0.2) is 27.6 Å². The number of hydrogen-bond acceptors (Lipinski definition) is 4. The standard InChI is InChI=1S/C13H19BrN2O3S/c1-15-10-4-3-7-16(9-10)20(17,18)11-5-6-13(19-2)12(14)8-11/h5-6,8,10,15H,3-4,7,9H2,1-2H3/t10-/m1/s1. The van der Waals surface area contributed by atoms with Crippen LogP contribution in [0, 0.1) is 0 Å². The Balaban J connectivity index is 2.28. The molecule has 112 valence electrons. The molecule has 1 aromatic carbocycles. The minimum absolute atomic E-state index is 0.222. The van der Waals surface area contributed by atoms with Crippen molar-refractivity contribution in [3.63, 3.8) is 0 Å². The molecule has 0 aromatic heterocycles. The second-order valence-electron chi connectivity index (χ2n) is 4.79. The summed E-state index contributed by atoms with van der Waals surface area (Å²) in [5, 5.41) is 3.15. The maximum atomic E-state index is 12.6. The second-order valence-corrected chi connectivity index (χ2v) is 7.58. The van der Waals surface area contributed by atoms with Gasteiger partial charge in [0.1, 0.15) is 5.75 Å². The van der Waals surface area contributed by atoms with Crippen molar-refractivity contribution in [2.45, 2.75) is 23.8 Å². The van der Waals surface area contributed by atoms with Gasteiger partial charge >= 0.3 is 0 Å². The van der Waals surface area contributed by atoms with Crippen molar-refractivity contribution in [2.75, 3.05) is 27.2 Å². The average molecular weight is 363 g/mol. The van der Waals surface area contributed by atoms with Crippen LogP contribution in [-0.2, 0) is 10.0 Å². The monoisotopic (exact) mass is 362 g/mol. The topological polar surface area (TPSA) is 58.6 Å². The number of piperidine rings is 1. The first-order chi connectivity index (χ1) is 9.48. The van der Waals surface area contributed by atoms with Crippen LogP contribution in [0.3, 0.4) is 0 Å². The van der Waals surface area contributed by atoms with E-state index in [9.17, 15) is 8.42 Å². The molecule has 5 nitrogen and oxygen atoms in total. The van der Waals surface area contributed by atoms with Gasteiger partial charge in [-0.2, -0.15) is 4.31 Å². The Morgan fingerprint density at radius 2 is 2.20 bits per heavy atom. The van der Waals surface area contributed by atoms with Crippen LogP contribution in [0.25, 0.3) is 0 Å². The number of nitrogens with zero attached hydrogens (tertiary/aromatic N) is 1. The molecule has 0 unspecified atom stereocenters. The summed E-state index contributed by atoms with van der Waals surface area (Å²) in [5.41, 5.74) is 0. The van der Waals surface area contributed by atoms with Crippen molar-refractivity contribution in [3.8, 4) is 5.75 Å². The number of likely N-dealkylation sites (N-methyl/N-ethyl adjacent to an activating group) is 1. The summed E-state index contributed by atoms with van der Waals surface area (Å²) >= 11 is 3.33. The lowest BCUT2D eigenvalue weighted by Gasteiger charge is -2.31. The first-order valence-corrected chi connectivity index (χ1v) is 8.73. The smallest absolute Gasteiger partial charge is 0.243 e. The molecule has 1 N–H and O–H groups in total. The lowest BCUT2D eigenvalue weighted by Crippen LogP contribution is -2.46. The third-order valence-corrected chi connectivity index (χ3v) is 6.03. The number of nitrogens with one attached hydrogen (secondary N) is 1. The lowest BCUT2D eigenvalue weighted by molar-refractivity contribution is 0.293. The Morgan fingerprint density at radius 3 is 2.80 bits per heavy atom. The first-order valence-electron chi connectivity index (χ1n) is 6.50. The molecule has 0 bridgehead atoms. The third kappa shape index (κ3) is 3.16. The number of rotatable bonds is 4. The fourth-order valence-corrected chi connectivity index (χ4v) is 4.60. The van der Waals surface area contributed by atoms with Gasteiger partial charge in [0.2, 0.25) is 10.0 Å². The van der Waals surface area contributed by atoms with E-state index in [-0.39, 0.29) is 6.04 Å². The van der Waals surface area contributed by atoms with Gasteiger partial charge in [-0.15, -0.1) is 0 Å². The number of benzene rings is 1. The number of ether oxygens (including phenoxy) is 1. The van der Waals surface area contributed by atoms with Crippen molar-refractivity contribution in [1.82, 2.24) is 9.62 Å². The van der Waals surface area contributed by atoms with Gasteiger partial charge in [0.25, 0.3) is 0 Å². The summed E-state index contributed by atoms with van der Waals surface area (Å²) < 4.78 is 32.6. The molecule has 1 aliphatic heterocycles. The summed E-state index contributed by atoms with van der Waals surface area (Å²) in [7, 11) is -0.0269. The van der Waals surface area contributed by atoms with Crippen LogP contribution in [0.4, 0.5) is 0 Å². The van der Waals surface area contributed by atoms with Crippen molar-refractivity contribution in [1.29, 1.82) is 0 Å². The lowest BCUT2D eigenvalue weighted by atomic mass is 10.1. The molecule has 20 heavy (non-hydrogen) atoms. The Hall–Kier alpha value is -0.630. The predicted octanol–water partition coefficient (Wildman–Crippen LogP) is 1.83. The highest BCUT2D eigenvalue weighted by atomic mass is 79.9. The Morgan fingerprint density at radius 1 is 1.45 bits per heavy atom. The van der Waals surface area contributed by atoms with E-state index < -0.39 is 10.0 Å². The highest BCUT2D eigenvalue weighted by molar-refractivity contribution is 9.10. The summed E-state index contributed by atoms with van der Waals surface area (Å²) in [4.78, 5) is 0.293. The van der Waals surface area contributed by atoms with Gasteiger partial charge in [-0.25, -0.2) is 8.42 Å². The summed E-state index contributed by atoms with van der Waals surface area (Å²) in [5.74, 6) is 0.621. The molecule has 0 aliphatic carbocycles. The minimum atomic E-state index is -3.44. The largest absolute Gasteiger partial charge is 0.496 e. The number of halogens is 1. The number of hydrogen-bond donors (Lipinski definition) is 1.